The normalized spacial score (nSPS) is 9.79. The minimum Gasteiger partial charge on any atom is -0.418 e. The van der Waals surface area contributed by atoms with Gasteiger partial charge in [-0.1, -0.05) is 0 Å². The van der Waals surface area contributed by atoms with E-state index in [1.54, 1.807) is 37.7 Å². The van der Waals surface area contributed by atoms with Crippen LogP contribution in [0.25, 0.3) is 0 Å². The predicted molar refractivity (Wildman–Crippen MR) is 43.2 cm³/mol. The minimum atomic E-state index is -6.00. The van der Waals surface area contributed by atoms with Crippen LogP contribution in [0.1, 0.15) is 0 Å². The third-order valence-corrected chi connectivity index (χ3v) is 0.834. The van der Waals surface area contributed by atoms with Gasteiger partial charge >= 0.3 is 13.3 Å². The third-order valence-electron chi connectivity index (χ3n) is 0.834. The zero-order valence-electron chi connectivity index (χ0n) is 8.27. The maximum atomic E-state index is 11.5. The van der Waals surface area contributed by atoms with E-state index in [1.165, 1.54) is 0 Å². The standard InChI is InChI=1S/C5H12FN2O.BF4/c1-7(2)5(9-6)8(3)4;2-1(3,4)5/h1-4H3;/q+1;-1. The van der Waals surface area contributed by atoms with E-state index in [4.69, 9.17) is 0 Å². The van der Waals surface area contributed by atoms with Gasteiger partial charge in [-0.2, -0.15) is 0 Å². The van der Waals surface area contributed by atoms with Crippen LogP contribution in [-0.2, 0) is 4.94 Å². The Bertz CT molecular complexity index is 183. The Balaban J connectivity index is 0. The Labute approximate surface area is 78.8 Å². The van der Waals surface area contributed by atoms with Crippen LogP contribution in [0.5, 0.6) is 0 Å². The van der Waals surface area contributed by atoms with Crippen molar-refractivity contribution in [2.24, 2.45) is 0 Å². The van der Waals surface area contributed by atoms with Crippen molar-refractivity contribution in [1.82, 2.24) is 4.90 Å². The van der Waals surface area contributed by atoms with Crippen LogP contribution < -0.4 is 0 Å². The zero-order chi connectivity index (χ0) is 11.9. The number of hydrogen-bond acceptors (Lipinski definition) is 1. The van der Waals surface area contributed by atoms with Gasteiger partial charge in [0.15, 0.2) is 0 Å². The van der Waals surface area contributed by atoms with Gasteiger partial charge in [0.1, 0.15) is 0 Å². The van der Waals surface area contributed by atoms with Gasteiger partial charge in [-0.05, 0) is 0 Å². The molecule has 14 heavy (non-hydrogen) atoms. The summed E-state index contributed by atoms with van der Waals surface area (Å²) in [5, 5.41) is 0. The number of amidine groups is 1. The van der Waals surface area contributed by atoms with E-state index in [0.29, 0.717) is 0 Å². The molecule has 0 fully saturated rings. The lowest BCUT2D eigenvalue weighted by Crippen LogP contribution is -2.29. The predicted octanol–water partition coefficient (Wildman–Crippen LogP) is 1.38. The fraction of sp³-hybridized carbons (Fsp3) is 0.800. The summed E-state index contributed by atoms with van der Waals surface area (Å²) in [4.78, 5) is 5.08. The minimum absolute atomic E-state index is 0.190. The molecule has 0 saturated carbocycles. The Hall–Kier alpha value is -1.02. The quantitative estimate of drug-likeness (QED) is 0.202. The first-order chi connectivity index (χ1) is 6.09. The number of rotatable bonds is 0. The zero-order valence-corrected chi connectivity index (χ0v) is 8.27. The molecule has 0 amide bonds. The van der Waals surface area contributed by atoms with Crippen molar-refractivity contribution in [3.8, 4) is 0 Å². The van der Waals surface area contributed by atoms with E-state index in [0.717, 1.165) is 0 Å². The van der Waals surface area contributed by atoms with E-state index in [9.17, 15) is 21.8 Å². The molecule has 0 N–H and O–H groups in total. The summed E-state index contributed by atoms with van der Waals surface area (Å²) in [5.41, 5.74) is 0. The van der Waals surface area contributed by atoms with Gasteiger partial charge in [0.05, 0.1) is 28.2 Å². The largest absolute Gasteiger partial charge is 0.673 e. The number of halogens is 5. The molecule has 0 aromatic rings. The molecular formula is C5H12BF5N2O. The molecule has 0 aromatic carbocycles. The molecule has 86 valence electrons. The first-order valence-electron chi connectivity index (χ1n) is 3.47. The third kappa shape index (κ3) is 13.6. The van der Waals surface area contributed by atoms with Crippen LogP contribution in [-0.4, -0.2) is 50.9 Å². The molecule has 0 aliphatic carbocycles. The van der Waals surface area contributed by atoms with Gasteiger partial charge in [-0.15, -0.1) is 0 Å². The fourth-order valence-corrected chi connectivity index (χ4v) is 0.538. The molecule has 0 aliphatic rings. The van der Waals surface area contributed by atoms with Crippen molar-refractivity contribution in [1.29, 1.82) is 0 Å². The van der Waals surface area contributed by atoms with E-state index >= 15 is 0 Å². The van der Waals surface area contributed by atoms with Gasteiger partial charge in [-0.25, -0.2) is 14.4 Å². The molecule has 0 bridgehead atoms. The molecule has 0 aliphatic heterocycles. The average Bonchev–Trinajstić information content (AvgIpc) is 1.81. The van der Waals surface area contributed by atoms with E-state index in [-0.39, 0.29) is 6.02 Å². The Morgan fingerprint density at radius 3 is 1.43 bits per heavy atom. The number of nitrogens with zero attached hydrogens (tertiary/aromatic N) is 2. The van der Waals surface area contributed by atoms with E-state index in [1.807, 2.05) is 0 Å². The molecule has 3 nitrogen and oxygen atoms in total. The summed E-state index contributed by atoms with van der Waals surface area (Å²) in [6.45, 7) is 0. The lowest BCUT2D eigenvalue weighted by molar-refractivity contribution is -0.486. The molecule has 0 rings (SSSR count). The average molecular weight is 222 g/mol. The summed E-state index contributed by atoms with van der Waals surface area (Å²) < 4.78 is 52.1. The molecule has 0 unspecified atom stereocenters. The van der Waals surface area contributed by atoms with Crippen LogP contribution in [0.15, 0.2) is 0 Å². The highest BCUT2D eigenvalue weighted by atomic mass is 19.5. The van der Waals surface area contributed by atoms with Crippen LogP contribution >= 0.6 is 0 Å². The van der Waals surface area contributed by atoms with Crippen LogP contribution in [0.4, 0.5) is 21.8 Å². The molecule has 0 heterocycles. The van der Waals surface area contributed by atoms with Crippen molar-refractivity contribution in [2.75, 3.05) is 28.2 Å². The maximum absolute atomic E-state index is 11.5. The summed E-state index contributed by atoms with van der Waals surface area (Å²) in [5.74, 6) is 0. The first kappa shape index (κ1) is 15.5. The molecule has 9 heteroatoms. The second kappa shape index (κ2) is 6.44. The summed E-state index contributed by atoms with van der Waals surface area (Å²) in [7, 11) is 0.813. The summed E-state index contributed by atoms with van der Waals surface area (Å²) >= 11 is 0. The van der Waals surface area contributed by atoms with E-state index in [2.05, 4.69) is 4.94 Å². The maximum Gasteiger partial charge on any atom is 0.673 e. The monoisotopic (exact) mass is 222 g/mol. The van der Waals surface area contributed by atoms with Crippen LogP contribution in [0.3, 0.4) is 0 Å². The molecule has 0 radical (unpaired) electrons. The summed E-state index contributed by atoms with van der Waals surface area (Å²) in [6.07, 6.45) is 0. The van der Waals surface area contributed by atoms with Crippen molar-refractivity contribution >= 4 is 13.3 Å². The van der Waals surface area contributed by atoms with Crippen LogP contribution in [0, 0.1) is 0 Å². The molecule has 0 aromatic heterocycles. The molecule has 0 spiro atoms. The number of hydrogen-bond donors (Lipinski definition) is 0. The fourth-order valence-electron chi connectivity index (χ4n) is 0.538. The Morgan fingerprint density at radius 2 is 1.43 bits per heavy atom. The second-order valence-electron chi connectivity index (χ2n) is 2.64. The van der Waals surface area contributed by atoms with Crippen molar-refractivity contribution in [3.05, 3.63) is 0 Å². The highest BCUT2D eigenvalue weighted by Gasteiger charge is 2.20. The van der Waals surface area contributed by atoms with Gasteiger partial charge < -0.3 is 17.3 Å². The highest BCUT2D eigenvalue weighted by Crippen LogP contribution is 2.06. The Kier molecular flexibility index (Phi) is 7.11. The van der Waals surface area contributed by atoms with E-state index < -0.39 is 7.25 Å². The van der Waals surface area contributed by atoms with Crippen molar-refractivity contribution in [2.45, 2.75) is 0 Å². The smallest absolute Gasteiger partial charge is 0.418 e. The van der Waals surface area contributed by atoms with Gasteiger partial charge in [0.2, 0.25) is 0 Å². The lowest BCUT2D eigenvalue weighted by atomic mass is 10.3. The molecular weight excluding hydrogens is 210 g/mol. The van der Waals surface area contributed by atoms with Gasteiger partial charge in [0, 0.05) is 4.53 Å². The second-order valence-corrected chi connectivity index (χ2v) is 2.64. The van der Waals surface area contributed by atoms with Crippen molar-refractivity contribution in [3.63, 3.8) is 0 Å². The lowest BCUT2D eigenvalue weighted by Gasteiger charge is -2.03. The molecule has 0 saturated heterocycles. The summed E-state index contributed by atoms with van der Waals surface area (Å²) in [6, 6.07) is 0.190. The first-order valence-corrected chi connectivity index (χ1v) is 3.47. The van der Waals surface area contributed by atoms with Gasteiger partial charge in [-0.3, -0.25) is 0 Å². The topological polar surface area (TPSA) is 15.5 Å². The SMILES string of the molecule is CN(C)C(OF)=[N+](C)C.F[B-](F)(F)F. The Morgan fingerprint density at radius 1 is 1.14 bits per heavy atom. The highest BCUT2D eigenvalue weighted by molar-refractivity contribution is 6.50. The molecule has 0 atom stereocenters. The van der Waals surface area contributed by atoms with Crippen LogP contribution in [0.2, 0.25) is 0 Å². The van der Waals surface area contributed by atoms with Gasteiger partial charge in [0.25, 0.3) is 0 Å². The van der Waals surface area contributed by atoms with Crippen molar-refractivity contribution < 1.29 is 31.3 Å².